The Morgan fingerprint density at radius 3 is 1.80 bits per heavy atom. The number of carbonyl (C=O) groups is 2. The van der Waals surface area contributed by atoms with Crippen LogP contribution in [0.3, 0.4) is 0 Å². The van der Waals surface area contributed by atoms with Crippen LogP contribution in [0.2, 0.25) is 5.04 Å². The van der Waals surface area contributed by atoms with E-state index in [0.717, 1.165) is 58.5 Å². The summed E-state index contributed by atoms with van der Waals surface area (Å²) in [4.78, 5) is 30.0. The molecule has 3 saturated heterocycles. The van der Waals surface area contributed by atoms with Gasteiger partial charge in [0.2, 0.25) is 6.36 Å². The van der Waals surface area contributed by atoms with E-state index in [-0.39, 0.29) is 30.9 Å². The van der Waals surface area contributed by atoms with Crippen molar-refractivity contribution in [2.24, 2.45) is 0 Å². The molecule has 16 heteroatoms. The van der Waals surface area contributed by atoms with Crippen LogP contribution in [-0.2, 0) is 55.5 Å². The highest BCUT2D eigenvalue weighted by Crippen LogP contribution is 2.48. The molecule has 5 aliphatic rings. The predicted octanol–water partition coefficient (Wildman–Crippen LogP) is 10.7. The van der Waals surface area contributed by atoms with Crippen LogP contribution in [-0.4, -0.2) is 118 Å². The summed E-state index contributed by atoms with van der Waals surface area (Å²) in [6.45, 7) is 7.00. The second-order valence-electron chi connectivity index (χ2n) is 22.5. The summed E-state index contributed by atoms with van der Waals surface area (Å²) < 4.78 is 87.8. The molecule has 11 atom stereocenters. The molecular weight excluding hydrogens is 1070 g/mol. The van der Waals surface area contributed by atoms with Gasteiger partial charge in [0.05, 0.1) is 44.7 Å². The maximum absolute atomic E-state index is 17.7. The number of nitrogens with zero attached hydrogens (tertiary/aromatic N) is 1. The van der Waals surface area contributed by atoms with Gasteiger partial charge in [0.25, 0.3) is 20.1 Å². The lowest BCUT2D eigenvalue weighted by Gasteiger charge is -2.56. The third kappa shape index (κ3) is 11.9. The van der Waals surface area contributed by atoms with E-state index < -0.39 is 97.8 Å². The van der Waals surface area contributed by atoms with Crippen molar-refractivity contribution < 1.29 is 61.0 Å². The number of hydrogen-bond acceptors (Lipinski definition) is 13. The molecule has 81 heavy (non-hydrogen) atoms. The van der Waals surface area contributed by atoms with Gasteiger partial charge in [-0.3, -0.25) is 14.5 Å². The SMILES string of the molecule is COc1ccc([C@H](O[C@H]2[C@@H](O[Si](c3ccccc3)(c3ccccc3)C(C)(C)C)[C@@H]3OC4(CCCCC4)OC[C@H]3O[C@@H]2SC)O[C@H]2[C@H](OCc3ccccc3)[C@@H](N3C(=O)c4ccccc4C3=O)[C@H](F)O[C@@H]2COCc2ccccc2)cc1. The summed E-state index contributed by atoms with van der Waals surface area (Å²) in [5.74, 6) is -1.61. The summed E-state index contributed by atoms with van der Waals surface area (Å²) in [5, 5.41) is 1.69. The van der Waals surface area contributed by atoms with Crippen molar-refractivity contribution in [3.63, 3.8) is 0 Å². The van der Waals surface area contributed by atoms with Gasteiger partial charge in [0.15, 0.2) is 12.1 Å². The number of carbonyl (C=O) groups excluding carboxylic acids is 2. The summed E-state index contributed by atoms with van der Waals surface area (Å²) in [7, 11) is -1.82. The van der Waals surface area contributed by atoms with Crippen LogP contribution in [0.4, 0.5) is 4.39 Å². The van der Waals surface area contributed by atoms with Crippen LogP contribution in [0, 0.1) is 0 Å². The standard InChI is InChI=1S/C65H72FNO12SSi/c1-64(2,3)81(47-27-15-8-16-28-47,48-29-17-9-18-30-48)79-57-55-52(42-73-65(78-55)37-21-10-22-38-65)75-63(80-5)58(57)77-62(45-33-35-46(70-4)36-34-45)76-54-51(41-71-39-43-23-11-6-12-24-43)74-59(66)53(56(54)72-40-44-25-13-7-14-26-44)67-60(68)49-31-19-20-32-50(49)61(67)69/h6-9,11-20,23-36,51-59,62-63H,10,21-22,37-42H2,1-5H3/t51-,52-,53-,54-,55-,56-,57+,58+,59-,62+,63-/m1/s1. The van der Waals surface area contributed by atoms with E-state index in [0.29, 0.717) is 17.9 Å². The first-order valence-corrected chi connectivity index (χ1v) is 31.4. The fourth-order valence-corrected chi connectivity index (χ4v) is 17.8. The number of alkyl halides is 1. The Hall–Kier alpha value is -5.60. The first-order valence-electron chi connectivity index (χ1n) is 28.2. The van der Waals surface area contributed by atoms with Gasteiger partial charge in [0.1, 0.15) is 60.0 Å². The number of fused-ring (bicyclic) bond motifs is 2. The first-order chi connectivity index (χ1) is 39.4. The maximum Gasteiger partial charge on any atom is 0.262 e. The molecule has 1 saturated carbocycles. The van der Waals surface area contributed by atoms with E-state index in [1.54, 1.807) is 31.4 Å². The minimum Gasteiger partial charge on any atom is -0.497 e. The molecule has 426 valence electrons. The number of amides is 2. The van der Waals surface area contributed by atoms with Crippen molar-refractivity contribution in [2.45, 2.75) is 144 Å². The van der Waals surface area contributed by atoms with Crippen LogP contribution in [0.25, 0.3) is 0 Å². The largest absolute Gasteiger partial charge is 0.497 e. The molecule has 4 fully saturated rings. The Labute approximate surface area is 479 Å². The van der Waals surface area contributed by atoms with Gasteiger partial charge in [-0.2, -0.15) is 0 Å². The van der Waals surface area contributed by atoms with Crippen molar-refractivity contribution in [3.05, 3.63) is 198 Å². The van der Waals surface area contributed by atoms with Gasteiger partial charge in [-0.1, -0.05) is 173 Å². The zero-order chi connectivity index (χ0) is 56.1. The van der Waals surface area contributed by atoms with E-state index >= 15 is 4.39 Å². The van der Waals surface area contributed by atoms with Crippen molar-refractivity contribution in [1.29, 1.82) is 0 Å². The average molecular weight is 1140 g/mol. The Morgan fingerprint density at radius 1 is 0.679 bits per heavy atom. The molecule has 4 aliphatic heterocycles. The molecule has 0 bridgehead atoms. The molecule has 1 spiro atoms. The summed E-state index contributed by atoms with van der Waals surface area (Å²) in [6, 6.07) is 52.3. The summed E-state index contributed by atoms with van der Waals surface area (Å²) in [6.07, 6.45) is -3.88. The van der Waals surface area contributed by atoms with Gasteiger partial charge in [-0.25, -0.2) is 4.39 Å². The molecule has 0 N–H and O–H groups in total. The van der Waals surface area contributed by atoms with Crippen LogP contribution in [0.5, 0.6) is 5.75 Å². The summed E-state index contributed by atoms with van der Waals surface area (Å²) >= 11 is 1.48. The monoisotopic (exact) mass is 1140 g/mol. The van der Waals surface area contributed by atoms with E-state index in [4.69, 9.17) is 47.1 Å². The van der Waals surface area contributed by atoms with Gasteiger partial charge >= 0.3 is 0 Å². The van der Waals surface area contributed by atoms with Crippen LogP contribution >= 0.6 is 11.8 Å². The Morgan fingerprint density at radius 2 is 1.23 bits per heavy atom. The van der Waals surface area contributed by atoms with Crippen molar-refractivity contribution in [2.75, 3.05) is 26.6 Å². The van der Waals surface area contributed by atoms with Gasteiger partial charge in [-0.15, -0.1) is 11.8 Å². The number of methoxy groups -OCH3 is 1. The Balaban J connectivity index is 1.05. The van der Waals surface area contributed by atoms with Crippen LogP contribution in [0.15, 0.2) is 170 Å². The second-order valence-corrected chi connectivity index (χ2v) is 27.7. The Kier molecular flexibility index (Phi) is 17.7. The van der Waals surface area contributed by atoms with E-state index in [2.05, 4.69) is 69.3 Å². The average Bonchev–Trinajstić information content (AvgIpc) is 3.99. The number of hydrogen-bond donors (Lipinski definition) is 0. The number of imide groups is 1. The topological polar surface area (TPSA) is 130 Å². The maximum atomic E-state index is 17.7. The summed E-state index contributed by atoms with van der Waals surface area (Å²) in [5.41, 5.74) is 1.84. The third-order valence-electron chi connectivity index (χ3n) is 16.4. The van der Waals surface area contributed by atoms with Crippen molar-refractivity contribution in [3.8, 4) is 5.75 Å². The molecule has 2 amide bonds. The van der Waals surface area contributed by atoms with Gasteiger partial charge in [-0.05, 0) is 69.9 Å². The lowest BCUT2D eigenvalue weighted by molar-refractivity contribution is -0.378. The molecule has 11 rings (SSSR count). The quantitative estimate of drug-likeness (QED) is 0.0434. The lowest BCUT2D eigenvalue weighted by atomic mass is 9.90. The van der Waals surface area contributed by atoms with E-state index in [9.17, 15) is 9.59 Å². The van der Waals surface area contributed by atoms with Gasteiger partial charge in [0, 0.05) is 18.4 Å². The number of halogens is 1. The molecule has 6 aromatic rings. The number of thioether (sulfide) groups is 1. The fraction of sp³-hybridized carbons (Fsp3) is 0.415. The highest BCUT2D eigenvalue weighted by molar-refractivity contribution is 7.99. The normalized spacial score (nSPS) is 26.9. The molecule has 4 heterocycles. The number of ether oxygens (including phenoxy) is 9. The van der Waals surface area contributed by atoms with Crippen LogP contribution in [0.1, 0.15) is 96.6 Å². The first kappa shape index (κ1) is 57.2. The predicted molar refractivity (Wildman–Crippen MR) is 308 cm³/mol. The van der Waals surface area contributed by atoms with Gasteiger partial charge < -0.3 is 47.1 Å². The highest BCUT2D eigenvalue weighted by atomic mass is 32.2. The third-order valence-corrected chi connectivity index (χ3v) is 22.3. The minimum atomic E-state index is -3.41. The Bertz CT molecular complexity index is 2950. The second kappa shape index (κ2) is 25.1. The van der Waals surface area contributed by atoms with E-state index in [1.807, 2.05) is 103 Å². The molecule has 1 aliphatic carbocycles. The lowest BCUT2D eigenvalue weighted by Crippen LogP contribution is -2.73. The smallest absolute Gasteiger partial charge is 0.262 e. The molecule has 6 aromatic carbocycles. The van der Waals surface area contributed by atoms with Crippen molar-refractivity contribution in [1.82, 2.24) is 4.90 Å². The zero-order valence-corrected chi connectivity index (χ0v) is 48.3. The van der Waals surface area contributed by atoms with Crippen LogP contribution < -0.4 is 15.1 Å². The fourth-order valence-electron chi connectivity index (χ4n) is 12.4. The molecule has 0 unspecified atom stereocenters. The molecule has 13 nitrogen and oxygen atoms in total. The highest BCUT2D eigenvalue weighted by Gasteiger charge is 2.61. The molecule has 0 aromatic heterocycles. The van der Waals surface area contributed by atoms with E-state index in [1.165, 1.54) is 11.8 Å². The molecular formula is C65H72FNO12SSi. The number of rotatable bonds is 19. The van der Waals surface area contributed by atoms with Crippen molar-refractivity contribution >= 4 is 42.3 Å². The minimum absolute atomic E-state index is 0.0347. The zero-order valence-electron chi connectivity index (χ0n) is 46.5. The number of benzene rings is 6. The molecule has 0 radical (unpaired) electrons.